The van der Waals surface area contributed by atoms with E-state index < -0.39 is 0 Å². The largest absolute Gasteiger partial charge is 0.462 e. The van der Waals surface area contributed by atoms with Crippen molar-refractivity contribution in [3.63, 3.8) is 0 Å². The van der Waals surface area contributed by atoms with E-state index >= 15 is 0 Å². The molecular formula is C20H32N2O3S. The Morgan fingerprint density at radius 3 is 2.54 bits per heavy atom. The second kappa shape index (κ2) is 10.1. The average Bonchev–Trinajstić information content (AvgIpc) is 2.92. The number of thiophene rings is 1. The summed E-state index contributed by atoms with van der Waals surface area (Å²) in [5.41, 5.74) is 1.67. The highest BCUT2D eigenvalue weighted by Crippen LogP contribution is 2.40. The zero-order chi connectivity index (χ0) is 19.1. The van der Waals surface area contributed by atoms with Gasteiger partial charge >= 0.3 is 5.97 Å². The number of esters is 1. The molecule has 0 aliphatic heterocycles. The molecule has 1 amide bonds. The molecule has 1 N–H and O–H groups in total. The van der Waals surface area contributed by atoms with Crippen molar-refractivity contribution in [2.24, 2.45) is 5.92 Å². The van der Waals surface area contributed by atoms with Crippen LogP contribution in [0.2, 0.25) is 0 Å². The first kappa shape index (κ1) is 20.9. The monoisotopic (exact) mass is 380 g/mol. The third kappa shape index (κ3) is 5.30. The number of carbonyl (C=O) groups excluding carboxylic acids is 2. The molecule has 0 radical (unpaired) electrons. The van der Waals surface area contributed by atoms with Crippen LogP contribution in [0.5, 0.6) is 0 Å². The number of anilines is 1. The molecule has 0 unspecified atom stereocenters. The lowest BCUT2D eigenvalue weighted by Gasteiger charge is -2.20. The Morgan fingerprint density at radius 2 is 1.92 bits per heavy atom. The smallest absolute Gasteiger partial charge is 0.341 e. The number of nitrogens with zero attached hydrogens (tertiary/aromatic N) is 1. The lowest BCUT2D eigenvalue weighted by Crippen LogP contribution is -2.34. The lowest BCUT2D eigenvalue weighted by atomic mass is 9.88. The molecule has 5 nitrogen and oxygen atoms in total. The van der Waals surface area contributed by atoms with Gasteiger partial charge in [0.05, 0.1) is 18.7 Å². The van der Waals surface area contributed by atoms with E-state index in [4.69, 9.17) is 4.74 Å². The molecule has 6 heteroatoms. The van der Waals surface area contributed by atoms with Crippen molar-refractivity contribution in [1.82, 2.24) is 4.90 Å². The fourth-order valence-corrected chi connectivity index (χ4v) is 4.94. The summed E-state index contributed by atoms with van der Waals surface area (Å²) in [6.07, 6.45) is 4.97. The zero-order valence-electron chi connectivity index (χ0n) is 16.5. The summed E-state index contributed by atoms with van der Waals surface area (Å²) in [6, 6.07) is 0. The van der Waals surface area contributed by atoms with Crippen LogP contribution in [0.15, 0.2) is 0 Å². The Hall–Kier alpha value is -1.40. The number of hydrogen-bond acceptors (Lipinski definition) is 5. The number of nitrogens with one attached hydrogen (secondary N) is 1. The van der Waals surface area contributed by atoms with Crippen molar-refractivity contribution >= 4 is 28.2 Å². The standard InChI is InChI=1S/C20H32N2O3S/c1-5-10-22(11-6-2)13-17(23)21-19-18(20(24)25-7-3)15-9-8-14(4)12-16(15)26-19/h14H,5-13H2,1-4H3,(H,21,23)/t14-/m0/s1. The Labute approximate surface area is 161 Å². The second-order valence-corrected chi connectivity index (χ2v) is 8.21. The normalized spacial score (nSPS) is 16.4. The Kier molecular flexibility index (Phi) is 8.10. The van der Waals surface area contributed by atoms with Crippen LogP contribution in [0.4, 0.5) is 5.00 Å². The highest BCUT2D eigenvalue weighted by atomic mass is 32.1. The van der Waals surface area contributed by atoms with E-state index in [1.807, 2.05) is 6.92 Å². The van der Waals surface area contributed by atoms with Crippen LogP contribution < -0.4 is 5.32 Å². The maximum absolute atomic E-state index is 12.6. The Balaban J connectivity index is 2.19. The molecule has 2 rings (SSSR count). The van der Waals surface area contributed by atoms with Gasteiger partial charge in [0.25, 0.3) is 0 Å². The number of hydrogen-bond donors (Lipinski definition) is 1. The van der Waals surface area contributed by atoms with Crippen molar-refractivity contribution in [2.75, 3.05) is 31.6 Å². The van der Waals surface area contributed by atoms with Crippen LogP contribution in [-0.2, 0) is 22.4 Å². The highest BCUT2D eigenvalue weighted by Gasteiger charge is 2.29. The van der Waals surface area contributed by atoms with E-state index in [1.165, 1.54) is 4.88 Å². The molecule has 1 heterocycles. The first-order valence-electron chi connectivity index (χ1n) is 9.83. The summed E-state index contributed by atoms with van der Waals surface area (Å²) in [5, 5.41) is 3.67. The molecule has 1 atom stereocenters. The predicted octanol–water partition coefficient (Wildman–Crippen LogP) is 4.11. The molecule has 0 saturated carbocycles. The zero-order valence-corrected chi connectivity index (χ0v) is 17.3. The van der Waals surface area contributed by atoms with Gasteiger partial charge in [0, 0.05) is 4.88 Å². The average molecular weight is 381 g/mol. The molecule has 0 fully saturated rings. The minimum Gasteiger partial charge on any atom is -0.462 e. The van der Waals surface area contributed by atoms with Crippen molar-refractivity contribution in [3.05, 3.63) is 16.0 Å². The fourth-order valence-electron chi connectivity index (χ4n) is 3.53. The van der Waals surface area contributed by atoms with Gasteiger partial charge in [0.2, 0.25) is 5.91 Å². The Morgan fingerprint density at radius 1 is 1.23 bits per heavy atom. The van der Waals surface area contributed by atoms with Crippen LogP contribution >= 0.6 is 11.3 Å². The van der Waals surface area contributed by atoms with Gasteiger partial charge in [-0.25, -0.2) is 4.79 Å². The van der Waals surface area contributed by atoms with Crippen molar-refractivity contribution < 1.29 is 14.3 Å². The second-order valence-electron chi connectivity index (χ2n) is 7.10. The Bertz CT molecular complexity index is 621. The van der Waals surface area contributed by atoms with Gasteiger partial charge in [-0.3, -0.25) is 9.69 Å². The molecule has 1 aliphatic rings. The fraction of sp³-hybridized carbons (Fsp3) is 0.700. The SMILES string of the molecule is CCCN(CCC)CC(=O)Nc1sc2c(c1C(=O)OCC)CC[C@H](C)C2. The summed E-state index contributed by atoms with van der Waals surface area (Å²) >= 11 is 1.55. The van der Waals surface area contributed by atoms with Crippen LogP contribution in [0, 0.1) is 5.92 Å². The summed E-state index contributed by atoms with van der Waals surface area (Å²) in [6.45, 7) is 10.8. The molecule has 0 aromatic carbocycles. The molecule has 26 heavy (non-hydrogen) atoms. The van der Waals surface area contributed by atoms with Gasteiger partial charge in [-0.1, -0.05) is 20.8 Å². The van der Waals surface area contributed by atoms with E-state index in [-0.39, 0.29) is 11.9 Å². The number of amides is 1. The van der Waals surface area contributed by atoms with Crippen LogP contribution in [0.1, 0.15) is 67.8 Å². The summed E-state index contributed by atoms with van der Waals surface area (Å²) in [5.74, 6) is 0.252. The van der Waals surface area contributed by atoms with Gasteiger partial charge in [-0.2, -0.15) is 0 Å². The number of fused-ring (bicyclic) bond motifs is 1. The minimum atomic E-state index is -0.311. The minimum absolute atomic E-state index is 0.0518. The van der Waals surface area contributed by atoms with E-state index in [0.717, 1.165) is 50.8 Å². The molecule has 0 saturated heterocycles. The van der Waals surface area contributed by atoms with E-state index in [2.05, 4.69) is 31.0 Å². The van der Waals surface area contributed by atoms with Crippen molar-refractivity contribution in [2.45, 2.75) is 59.8 Å². The molecule has 1 aromatic heterocycles. The van der Waals surface area contributed by atoms with Gasteiger partial charge in [-0.05, 0) is 63.6 Å². The third-order valence-corrected chi connectivity index (χ3v) is 5.86. The molecule has 0 bridgehead atoms. The number of rotatable bonds is 9. The maximum Gasteiger partial charge on any atom is 0.341 e. The van der Waals surface area contributed by atoms with Gasteiger partial charge in [0.15, 0.2) is 0 Å². The van der Waals surface area contributed by atoms with E-state index in [9.17, 15) is 9.59 Å². The van der Waals surface area contributed by atoms with E-state index in [0.29, 0.717) is 29.6 Å². The lowest BCUT2D eigenvalue weighted by molar-refractivity contribution is -0.117. The highest BCUT2D eigenvalue weighted by molar-refractivity contribution is 7.17. The molecule has 0 spiro atoms. The number of carbonyl (C=O) groups is 2. The van der Waals surface area contributed by atoms with Crippen LogP contribution in [0.3, 0.4) is 0 Å². The van der Waals surface area contributed by atoms with E-state index in [1.54, 1.807) is 11.3 Å². The quantitative estimate of drug-likeness (QED) is 0.655. The third-order valence-electron chi connectivity index (χ3n) is 4.69. The first-order valence-corrected chi connectivity index (χ1v) is 10.7. The van der Waals surface area contributed by atoms with Crippen LogP contribution in [-0.4, -0.2) is 43.0 Å². The summed E-state index contributed by atoms with van der Waals surface area (Å²) in [4.78, 5) is 28.5. The first-order chi connectivity index (χ1) is 12.5. The summed E-state index contributed by atoms with van der Waals surface area (Å²) < 4.78 is 5.27. The number of ether oxygens (including phenoxy) is 1. The molecule has 146 valence electrons. The molecular weight excluding hydrogens is 348 g/mol. The van der Waals surface area contributed by atoms with Crippen molar-refractivity contribution in [1.29, 1.82) is 0 Å². The van der Waals surface area contributed by atoms with Gasteiger partial charge in [0.1, 0.15) is 5.00 Å². The van der Waals surface area contributed by atoms with Crippen LogP contribution in [0.25, 0.3) is 0 Å². The molecule has 1 aliphatic carbocycles. The maximum atomic E-state index is 12.6. The van der Waals surface area contributed by atoms with Crippen molar-refractivity contribution in [3.8, 4) is 0 Å². The molecule has 1 aromatic rings. The predicted molar refractivity (Wildman–Crippen MR) is 107 cm³/mol. The van der Waals surface area contributed by atoms with Gasteiger partial charge < -0.3 is 10.1 Å². The van der Waals surface area contributed by atoms with Gasteiger partial charge in [-0.15, -0.1) is 11.3 Å². The topological polar surface area (TPSA) is 58.6 Å². The summed E-state index contributed by atoms with van der Waals surface area (Å²) in [7, 11) is 0.